The Kier molecular flexibility index (Phi) is 5.33. The highest BCUT2D eigenvalue weighted by molar-refractivity contribution is 5.93. The van der Waals surface area contributed by atoms with Gasteiger partial charge in [0.1, 0.15) is 11.3 Å². The predicted molar refractivity (Wildman–Crippen MR) is 108 cm³/mol. The van der Waals surface area contributed by atoms with Gasteiger partial charge in [-0.15, -0.1) is 5.10 Å². The number of nitrogens with zero attached hydrogens (tertiary/aromatic N) is 3. The van der Waals surface area contributed by atoms with E-state index >= 15 is 0 Å². The van der Waals surface area contributed by atoms with E-state index in [0.717, 1.165) is 55.2 Å². The molecule has 1 aliphatic carbocycles. The van der Waals surface area contributed by atoms with Crippen LogP contribution in [0.5, 0.6) is 5.75 Å². The number of anilines is 1. The van der Waals surface area contributed by atoms with E-state index in [4.69, 9.17) is 9.15 Å². The van der Waals surface area contributed by atoms with Crippen LogP contribution < -0.4 is 15.7 Å². The molecule has 8 nitrogen and oxygen atoms in total. The predicted octanol–water partition coefficient (Wildman–Crippen LogP) is 3.08. The fourth-order valence-corrected chi connectivity index (χ4v) is 3.68. The Morgan fingerprint density at radius 3 is 2.90 bits per heavy atom. The van der Waals surface area contributed by atoms with Crippen molar-refractivity contribution in [3.63, 3.8) is 0 Å². The molecule has 0 fully saturated rings. The van der Waals surface area contributed by atoms with Crippen LogP contribution in [0.2, 0.25) is 0 Å². The minimum absolute atomic E-state index is 0.273. The molecule has 1 aliphatic rings. The van der Waals surface area contributed by atoms with E-state index in [1.165, 1.54) is 0 Å². The summed E-state index contributed by atoms with van der Waals surface area (Å²) in [5, 5.41) is 11.5. The summed E-state index contributed by atoms with van der Waals surface area (Å²) in [5.74, 6) is 0.518. The molecule has 0 saturated carbocycles. The molecule has 152 valence electrons. The van der Waals surface area contributed by atoms with Crippen LogP contribution in [-0.2, 0) is 24.2 Å². The fourth-order valence-electron chi connectivity index (χ4n) is 3.68. The molecule has 0 radical (unpaired) electrons. The van der Waals surface area contributed by atoms with E-state index in [9.17, 15) is 9.59 Å². The second-order valence-corrected chi connectivity index (χ2v) is 7.33. The molecule has 1 N–H and O–H groups in total. The standard InChI is InChI=1S/C21H24N4O4/c1-3-10-25-12-19(23-24-25)22-20(26)13(2)28-14-8-9-16-15-6-4-5-7-17(15)21(27)29-18(16)11-14/h8-9,11-13H,3-7,10H2,1-2H3,(H,22,26). The summed E-state index contributed by atoms with van der Waals surface area (Å²) < 4.78 is 12.9. The number of carbonyl (C=O) groups excluding carboxylic acids is 1. The maximum Gasteiger partial charge on any atom is 0.339 e. The van der Waals surface area contributed by atoms with Gasteiger partial charge in [-0.05, 0) is 56.7 Å². The number of rotatable bonds is 6. The average molecular weight is 396 g/mol. The van der Waals surface area contributed by atoms with E-state index in [2.05, 4.69) is 15.6 Å². The fraction of sp³-hybridized carbons (Fsp3) is 0.429. The largest absolute Gasteiger partial charge is 0.481 e. The lowest BCUT2D eigenvalue weighted by atomic mass is 9.91. The molecule has 4 rings (SSSR count). The first-order valence-corrected chi connectivity index (χ1v) is 10.0. The second kappa shape index (κ2) is 8.06. The van der Waals surface area contributed by atoms with Crippen LogP contribution in [0, 0.1) is 0 Å². The Morgan fingerprint density at radius 2 is 2.10 bits per heavy atom. The van der Waals surface area contributed by atoms with E-state index < -0.39 is 6.10 Å². The number of amides is 1. The summed E-state index contributed by atoms with van der Waals surface area (Å²) in [6, 6.07) is 5.38. The van der Waals surface area contributed by atoms with Gasteiger partial charge in [-0.25, -0.2) is 4.79 Å². The van der Waals surface area contributed by atoms with Crippen LogP contribution in [0.3, 0.4) is 0 Å². The molecule has 1 aromatic carbocycles. The van der Waals surface area contributed by atoms with Crippen molar-refractivity contribution in [2.45, 2.75) is 58.6 Å². The van der Waals surface area contributed by atoms with Crippen molar-refractivity contribution in [3.8, 4) is 5.75 Å². The summed E-state index contributed by atoms with van der Waals surface area (Å²) in [4.78, 5) is 24.7. The van der Waals surface area contributed by atoms with E-state index in [1.807, 2.05) is 13.0 Å². The molecule has 1 unspecified atom stereocenters. The highest BCUT2D eigenvalue weighted by Gasteiger charge is 2.20. The van der Waals surface area contributed by atoms with Gasteiger partial charge in [0.05, 0.1) is 6.20 Å². The van der Waals surface area contributed by atoms with E-state index in [1.54, 1.807) is 29.9 Å². The van der Waals surface area contributed by atoms with Gasteiger partial charge in [-0.2, -0.15) is 0 Å². The number of ether oxygens (including phenoxy) is 1. The lowest BCUT2D eigenvalue weighted by Crippen LogP contribution is -2.30. The lowest BCUT2D eigenvalue weighted by molar-refractivity contribution is -0.122. The highest BCUT2D eigenvalue weighted by atomic mass is 16.5. The molecule has 8 heteroatoms. The van der Waals surface area contributed by atoms with Crippen LogP contribution in [0.25, 0.3) is 11.0 Å². The third-order valence-electron chi connectivity index (χ3n) is 5.12. The van der Waals surface area contributed by atoms with Gasteiger partial charge < -0.3 is 14.5 Å². The zero-order valence-corrected chi connectivity index (χ0v) is 16.6. The Morgan fingerprint density at radius 1 is 1.31 bits per heavy atom. The van der Waals surface area contributed by atoms with Gasteiger partial charge in [-0.3, -0.25) is 9.48 Å². The zero-order valence-electron chi connectivity index (χ0n) is 16.6. The number of nitrogens with one attached hydrogen (secondary N) is 1. The third-order valence-corrected chi connectivity index (χ3v) is 5.12. The second-order valence-electron chi connectivity index (χ2n) is 7.33. The minimum Gasteiger partial charge on any atom is -0.481 e. The molecular formula is C21H24N4O4. The zero-order chi connectivity index (χ0) is 20.4. The Bertz CT molecular complexity index is 1100. The number of fused-ring (bicyclic) bond motifs is 3. The molecule has 2 aromatic heterocycles. The Hall–Kier alpha value is -3.16. The number of benzene rings is 1. The summed E-state index contributed by atoms with van der Waals surface area (Å²) >= 11 is 0. The van der Waals surface area contributed by atoms with Crippen LogP contribution in [0.4, 0.5) is 5.82 Å². The van der Waals surface area contributed by atoms with Crippen LogP contribution in [-0.4, -0.2) is 27.0 Å². The Labute approximate surface area is 167 Å². The molecule has 2 heterocycles. The van der Waals surface area contributed by atoms with Gasteiger partial charge in [0.25, 0.3) is 5.91 Å². The number of carbonyl (C=O) groups is 1. The number of aryl methyl sites for hydroxylation is 2. The van der Waals surface area contributed by atoms with Gasteiger partial charge in [0, 0.05) is 23.6 Å². The van der Waals surface area contributed by atoms with Crippen molar-refractivity contribution in [3.05, 3.63) is 45.9 Å². The molecule has 0 aliphatic heterocycles. The maximum absolute atomic E-state index is 12.4. The first-order valence-electron chi connectivity index (χ1n) is 10.0. The number of aromatic nitrogens is 3. The van der Waals surface area contributed by atoms with E-state index in [0.29, 0.717) is 17.2 Å². The van der Waals surface area contributed by atoms with Crippen LogP contribution in [0.1, 0.15) is 44.2 Å². The van der Waals surface area contributed by atoms with Crippen molar-refractivity contribution in [2.24, 2.45) is 0 Å². The van der Waals surface area contributed by atoms with Gasteiger partial charge in [0.15, 0.2) is 11.9 Å². The smallest absolute Gasteiger partial charge is 0.339 e. The summed E-state index contributed by atoms with van der Waals surface area (Å²) in [6.07, 6.45) is 5.60. The molecule has 0 bridgehead atoms. The summed E-state index contributed by atoms with van der Waals surface area (Å²) in [6.45, 7) is 4.43. The molecule has 1 amide bonds. The van der Waals surface area contributed by atoms with Crippen molar-refractivity contribution in [2.75, 3.05) is 5.32 Å². The summed E-state index contributed by atoms with van der Waals surface area (Å²) in [5.41, 5.74) is 2.09. The normalized spacial score (nSPS) is 14.4. The van der Waals surface area contributed by atoms with Crippen molar-refractivity contribution >= 4 is 22.7 Å². The Balaban J connectivity index is 1.49. The number of hydrogen-bond acceptors (Lipinski definition) is 6. The quantitative estimate of drug-likeness (QED) is 0.643. The van der Waals surface area contributed by atoms with E-state index in [-0.39, 0.29) is 11.5 Å². The summed E-state index contributed by atoms with van der Waals surface area (Å²) in [7, 11) is 0. The monoisotopic (exact) mass is 396 g/mol. The SMILES string of the molecule is CCCn1cc(NC(=O)C(C)Oc2ccc3c4c(c(=O)oc3c2)CCCC4)nn1. The van der Waals surface area contributed by atoms with Gasteiger partial charge in [-0.1, -0.05) is 12.1 Å². The van der Waals surface area contributed by atoms with Crippen molar-refractivity contribution in [1.82, 2.24) is 15.0 Å². The average Bonchev–Trinajstić information content (AvgIpc) is 3.15. The molecule has 0 spiro atoms. The molecule has 3 aromatic rings. The molecule has 0 saturated heterocycles. The minimum atomic E-state index is -0.756. The van der Waals surface area contributed by atoms with Gasteiger partial charge in [0.2, 0.25) is 0 Å². The number of hydrogen-bond donors (Lipinski definition) is 1. The van der Waals surface area contributed by atoms with Gasteiger partial charge >= 0.3 is 5.63 Å². The molecule has 29 heavy (non-hydrogen) atoms. The third kappa shape index (κ3) is 4.01. The molecule has 1 atom stereocenters. The first kappa shape index (κ1) is 19.2. The lowest BCUT2D eigenvalue weighted by Gasteiger charge is -2.17. The highest BCUT2D eigenvalue weighted by Crippen LogP contribution is 2.29. The van der Waals surface area contributed by atoms with Crippen molar-refractivity contribution < 1.29 is 13.9 Å². The van der Waals surface area contributed by atoms with Crippen molar-refractivity contribution in [1.29, 1.82) is 0 Å². The van der Waals surface area contributed by atoms with Crippen LogP contribution >= 0.6 is 0 Å². The molecular weight excluding hydrogens is 372 g/mol. The van der Waals surface area contributed by atoms with Crippen LogP contribution in [0.15, 0.2) is 33.6 Å². The first-order chi connectivity index (χ1) is 14.0. The topological polar surface area (TPSA) is 99.2 Å². The maximum atomic E-state index is 12.4.